The lowest BCUT2D eigenvalue weighted by atomic mass is 9.98. The first-order valence-corrected chi connectivity index (χ1v) is 13.6. The predicted molar refractivity (Wildman–Crippen MR) is 158 cm³/mol. The zero-order chi connectivity index (χ0) is 29.9. The summed E-state index contributed by atoms with van der Waals surface area (Å²) in [6.45, 7) is 5.21. The maximum absolute atomic E-state index is 14.9. The zero-order valence-corrected chi connectivity index (χ0v) is 23.5. The third-order valence-corrected chi connectivity index (χ3v) is 6.86. The number of nitrogens with one attached hydrogen (secondary N) is 2. The molecule has 0 spiro atoms. The van der Waals surface area contributed by atoms with Gasteiger partial charge in [0.15, 0.2) is 0 Å². The number of ether oxygens (including phenoxy) is 2. The smallest absolute Gasteiger partial charge is 0.408 e. The topological polar surface area (TPSA) is 93.7 Å². The maximum atomic E-state index is 14.9. The van der Waals surface area contributed by atoms with E-state index in [4.69, 9.17) is 9.47 Å². The molecule has 0 saturated carbocycles. The second-order valence-corrected chi connectivity index (χ2v) is 11.0. The van der Waals surface area contributed by atoms with Crippen LogP contribution in [0.4, 0.5) is 14.9 Å². The molecule has 0 heterocycles. The average Bonchev–Trinajstić information content (AvgIpc) is 3.29. The van der Waals surface area contributed by atoms with Crippen molar-refractivity contribution in [2.24, 2.45) is 0 Å². The van der Waals surface area contributed by atoms with Crippen LogP contribution in [0.15, 0.2) is 97.1 Å². The number of fused-ring (bicyclic) bond motifs is 3. The van der Waals surface area contributed by atoms with Crippen LogP contribution in [0.2, 0.25) is 0 Å². The highest BCUT2D eigenvalue weighted by Crippen LogP contribution is 2.44. The lowest BCUT2D eigenvalue weighted by Crippen LogP contribution is -2.38. The molecule has 0 aromatic heterocycles. The van der Waals surface area contributed by atoms with E-state index in [9.17, 15) is 18.8 Å². The van der Waals surface area contributed by atoms with Gasteiger partial charge in [-0.1, -0.05) is 78.9 Å². The van der Waals surface area contributed by atoms with Crippen molar-refractivity contribution in [3.05, 3.63) is 125 Å². The molecular weight excluding hydrogens is 535 g/mol. The zero-order valence-electron chi connectivity index (χ0n) is 23.5. The Hall–Kier alpha value is -4.98. The van der Waals surface area contributed by atoms with E-state index in [1.54, 1.807) is 51.1 Å². The summed E-state index contributed by atoms with van der Waals surface area (Å²) in [4.78, 5) is 38.7. The van der Waals surface area contributed by atoms with Crippen LogP contribution in [-0.2, 0) is 14.3 Å². The third-order valence-electron chi connectivity index (χ3n) is 6.86. The summed E-state index contributed by atoms with van der Waals surface area (Å²) in [6.07, 6.45) is -0.790. The van der Waals surface area contributed by atoms with E-state index < -0.39 is 35.4 Å². The van der Waals surface area contributed by atoms with E-state index in [0.717, 1.165) is 28.3 Å². The minimum Gasteiger partial charge on any atom is -0.456 e. The summed E-state index contributed by atoms with van der Waals surface area (Å²) in [5.74, 6) is -2.33. The van der Waals surface area contributed by atoms with Crippen LogP contribution in [0, 0.1) is 5.82 Å². The van der Waals surface area contributed by atoms with Gasteiger partial charge in [0, 0.05) is 5.92 Å². The summed E-state index contributed by atoms with van der Waals surface area (Å²) >= 11 is 0. The van der Waals surface area contributed by atoms with E-state index in [-0.39, 0.29) is 23.8 Å². The van der Waals surface area contributed by atoms with Gasteiger partial charge in [-0.15, -0.1) is 0 Å². The van der Waals surface area contributed by atoms with Gasteiger partial charge in [0.2, 0.25) is 0 Å². The van der Waals surface area contributed by atoms with Gasteiger partial charge in [-0.05, 0) is 66.8 Å². The van der Waals surface area contributed by atoms with Gasteiger partial charge in [0.25, 0.3) is 5.91 Å². The molecule has 7 nitrogen and oxygen atoms in total. The molecule has 214 valence electrons. The van der Waals surface area contributed by atoms with Crippen molar-refractivity contribution in [1.82, 2.24) is 5.32 Å². The van der Waals surface area contributed by atoms with Crippen molar-refractivity contribution in [2.75, 3.05) is 11.9 Å². The fourth-order valence-electron chi connectivity index (χ4n) is 4.99. The van der Waals surface area contributed by atoms with Crippen molar-refractivity contribution < 1.29 is 28.2 Å². The van der Waals surface area contributed by atoms with Gasteiger partial charge in [-0.25, -0.2) is 14.0 Å². The van der Waals surface area contributed by atoms with E-state index in [1.165, 1.54) is 12.1 Å². The lowest BCUT2D eigenvalue weighted by Gasteiger charge is -2.21. The Bertz CT molecular complexity index is 1590. The summed E-state index contributed by atoms with van der Waals surface area (Å²) in [5, 5.41) is 5.15. The molecule has 8 heteroatoms. The molecule has 0 saturated heterocycles. The second kappa shape index (κ2) is 11.9. The van der Waals surface area contributed by atoms with Crippen molar-refractivity contribution >= 4 is 23.7 Å². The minimum absolute atomic E-state index is 0.0109. The van der Waals surface area contributed by atoms with E-state index >= 15 is 0 Å². The van der Waals surface area contributed by atoms with E-state index in [2.05, 4.69) is 10.6 Å². The standard InChI is InChI=1S/C34H31FN2O5/c1-34(2,3)42-32(39)22-17-18-29(28(35)19-22)36-31(38)30(21-11-5-4-6-12-21)37-33(40)41-20-27-25-15-9-7-13-23(25)24-14-8-10-16-26(24)27/h4-19,27,30H,20H2,1-3H3,(H,36,38)(H,37,40)/t30-/m0/s1. The molecule has 0 fully saturated rings. The number of hydrogen-bond donors (Lipinski definition) is 2. The molecule has 0 bridgehead atoms. The van der Waals surface area contributed by atoms with Gasteiger partial charge < -0.3 is 20.1 Å². The van der Waals surface area contributed by atoms with Gasteiger partial charge in [-0.2, -0.15) is 0 Å². The fraction of sp³-hybridized carbons (Fsp3) is 0.206. The molecule has 0 aliphatic heterocycles. The number of anilines is 1. The van der Waals surface area contributed by atoms with Crippen molar-refractivity contribution in [1.29, 1.82) is 0 Å². The number of amides is 2. The number of carbonyl (C=O) groups is 3. The van der Waals surface area contributed by atoms with Crippen LogP contribution in [0.3, 0.4) is 0 Å². The largest absolute Gasteiger partial charge is 0.456 e. The molecule has 0 radical (unpaired) electrons. The molecular formula is C34H31FN2O5. The monoisotopic (exact) mass is 566 g/mol. The van der Waals surface area contributed by atoms with Crippen LogP contribution in [0.1, 0.15) is 59.8 Å². The first kappa shape index (κ1) is 28.5. The molecule has 5 rings (SSSR count). The average molecular weight is 567 g/mol. The molecule has 42 heavy (non-hydrogen) atoms. The molecule has 4 aromatic carbocycles. The van der Waals surface area contributed by atoms with Crippen LogP contribution >= 0.6 is 0 Å². The van der Waals surface area contributed by atoms with Gasteiger partial charge in [-0.3, -0.25) is 4.79 Å². The molecule has 2 amide bonds. The Kier molecular flexibility index (Phi) is 8.06. The predicted octanol–water partition coefficient (Wildman–Crippen LogP) is 7.00. The molecule has 1 aliphatic carbocycles. The first-order valence-electron chi connectivity index (χ1n) is 13.6. The molecule has 0 unspecified atom stereocenters. The minimum atomic E-state index is -1.17. The molecule has 4 aromatic rings. The van der Waals surface area contributed by atoms with E-state index in [0.29, 0.717) is 5.56 Å². The fourth-order valence-corrected chi connectivity index (χ4v) is 4.99. The Morgan fingerprint density at radius 1 is 0.833 bits per heavy atom. The van der Waals surface area contributed by atoms with Crippen LogP contribution in [-0.4, -0.2) is 30.2 Å². The van der Waals surface area contributed by atoms with Gasteiger partial charge in [0.05, 0.1) is 11.3 Å². The van der Waals surface area contributed by atoms with E-state index in [1.807, 2.05) is 48.5 Å². The summed E-state index contributed by atoms with van der Waals surface area (Å²) in [6, 6.07) is 27.0. The van der Waals surface area contributed by atoms with Crippen LogP contribution in [0.5, 0.6) is 0 Å². The quantitative estimate of drug-likeness (QED) is 0.235. The summed E-state index contributed by atoms with van der Waals surface area (Å²) in [5.41, 5.74) is 3.93. The van der Waals surface area contributed by atoms with Crippen molar-refractivity contribution in [2.45, 2.75) is 38.3 Å². The molecule has 1 atom stereocenters. The number of halogens is 1. The number of hydrogen-bond acceptors (Lipinski definition) is 5. The summed E-state index contributed by atoms with van der Waals surface area (Å²) < 4.78 is 25.9. The maximum Gasteiger partial charge on any atom is 0.408 e. The Balaban J connectivity index is 1.29. The van der Waals surface area contributed by atoms with Crippen molar-refractivity contribution in [3.8, 4) is 11.1 Å². The highest BCUT2D eigenvalue weighted by Gasteiger charge is 2.30. The van der Waals surface area contributed by atoms with Crippen LogP contribution in [0.25, 0.3) is 11.1 Å². The summed E-state index contributed by atoms with van der Waals surface area (Å²) in [7, 11) is 0. The normalized spacial score (nSPS) is 13.0. The van der Waals surface area contributed by atoms with Gasteiger partial charge >= 0.3 is 12.1 Å². The Labute approximate surface area is 243 Å². The highest BCUT2D eigenvalue weighted by molar-refractivity contribution is 5.98. The third kappa shape index (κ3) is 6.33. The Morgan fingerprint density at radius 3 is 2.02 bits per heavy atom. The second-order valence-electron chi connectivity index (χ2n) is 11.0. The molecule has 1 aliphatic rings. The first-order chi connectivity index (χ1) is 20.1. The number of rotatable bonds is 7. The lowest BCUT2D eigenvalue weighted by molar-refractivity contribution is -0.118. The number of esters is 1. The number of alkyl carbamates (subject to hydrolysis) is 1. The van der Waals surface area contributed by atoms with Gasteiger partial charge in [0.1, 0.15) is 24.1 Å². The Morgan fingerprint density at radius 2 is 1.43 bits per heavy atom. The van der Waals surface area contributed by atoms with Crippen molar-refractivity contribution in [3.63, 3.8) is 0 Å². The number of benzene rings is 4. The highest BCUT2D eigenvalue weighted by atomic mass is 19.1. The van der Waals surface area contributed by atoms with Crippen LogP contribution < -0.4 is 10.6 Å². The SMILES string of the molecule is CC(C)(C)OC(=O)c1ccc(NC(=O)[C@@H](NC(=O)OCC2c3ccccc3-c3ccccc32)c2ccccc2)c(F)c1. The number of carbonyl (C=O) groups excluding carboxylic acids is 3. The molecule has 2 N–H and O–H groups in total.